The van der Waals surface area contributed by atoms with E-state index in [0.29, 0.717) is 12.5 Å². The lowest BCUT2D eigenvalue weighted by Gasteiger charge is -2.34. The highest BCUT2D eigenvalue weighted by atomic mass is 16.2. The van der Waals surface area contributed by atoms with Crippen molar-refractivity contribution in [2.45, 2.75) is 51.1 Å². The molecule has 96 valence electrons. The van der Waals surface area contributed by atoms with Gasteiger partial charge in [0.1, 0.15) is 5.54 Å². The molecule has 0 aromatic rings. The Balaban J connectivity index is 2.18. The molecule has 1 saturated carbocycles. The van der Waals surface area contributed by atoms with Gasteiger partial charge < -0.3 is 11.1 Å². The van der Waals surface area contributed by atoms with Crippen LogP contribution in [0.15, 0.2) is 0 Å². The van der Waals surface area contributed by atoms with E-state index in [1.54, 1.807) is 0 Å². The Hall–Kier alpha value is -1.10. The van der Waals surface area contributed by atoms with Crippen LogP contribution in [0.4, 0.5) is 4.79 Å². The first-order valence-corrected chi connectivity index (χ1v) is 6.36. The zero-order valence-corrected chi connectivity index (χ0v) is 10.5. The lowest BCUT2D eigenvalue weighted by molar-refractivity contribution is -0.133. The summed E-state index contributed by atoms with van der Waals surface area (Å²) in [6.07, 6.45) is 3.51. The lowest BCUT2D eigenvalue weighted by Crippen LogP contribution is -2.50. The van der Waals surface area contributed by atoms with Gasteiger partial charge in [-0.2, -0.15) is 0 Å². The van der Waals surface area contributed by atoms with Gasteiger partial charge in [0.25, 0.3) is 5.91 Å². The zero-order chi connectivity index (χ0) is 12.6. The third kappa shape index (κ3) is 1.92. The minimum Gasteiger partial charge on any atom is -0.328 e. The van der Waals surface area contributed by atoms with Crippen molar-refractivity contribution in [1.82, 2.24) is 10.2 Å². The van der Waals surface area contributed by atoms with Gasteiger partial charge in [0, 0.05) is 6.54 Å². The summed E-state index contributed by atoms with van der Waals surface area (Å²) in [6.45, 7) is 4.31. The molecule has 1 spiro atoms. The molecule has 0 aromatic carbocycles. The number of nitrogens with zero attached hydrogens (tertiary/aromatic N) is 1. The molecule has 1 aliphatic heterocycles. The normalized spacial score (nSPS) is 35.2. The van der Waals surface area contributed by atoms with Crippen molar-refractivity contribution in [1.29, 1.82) is 0 Å². The van der Waals surface area contributed by atoms with Crippen LogP contribution >= 0.6 is 0 Å². The van der Waals surface area contributed by atoms with Crippen LogP contribution in [0.5, 0.6) is 0 Å². The summed E-state index contributed by atoms with van der Waals surface area (Å²) in [7, 11) is 0. The number of rotatable bonds is 2. The van der Waals surface area contributed by atoms with Crippen LogP contribution in [0.25, 0.3) is 0 Å². The molecule has 1 aliphatic carbocycles. The Morgan fingerprint density at radius 2 is 2.06 bits per heavy atom. The molecule has 2 fully saturated rings. The Labute approximate surface area is 102 Å². The first-order chi connectivity index (χ1) is 8.00. The fraction of sp³-hybridized carbons (Fsp3) is 0.833. The van der Waals surface area contributed by atoms with Crippen LogP contribution in [0, 0.1) is 5.92 Å². The number of imide groups is 1. The van der Waals surface area contributed by atoms with Crippen LogP contribution in [-0.2, 0) is 4.79 Å². The molecule has 1 atom stereocenters. The second kappa shape index (κ2) is 4.29. The molecule has 17 heavy (non-hydrogen) atoms. The Morgan fingerprint density at radius 1 is 1.47 bits per heavy atom. The third-order valence-electron chi connectivity index (χ3n) is 4.10. The van der Waals surface area contributed by atoms with Gasteiger partial charge in [0.05, 0.1) is 6.04 Å². The summed E-state index contributed by atoms with van der Waals surface area (Å²) in [5, 5.41) is 2.89. The van der Waals surface area contributed by atoms with Gasteiger partial charge in [-0.05, 0) is 38.5 Å². The van der Waals surface area contributed by atoms with Crippen molar-refractivity contribution in [3.05, 3.63) is 0 Å². The maximum atomic E-state index is 12.4. The molecule has 3 amide bonds. The average molecular weight is 239 g/mol. The standard InChI is InChI=1S/C12H21N3O2/c1-8-3-5-12(6-4-8)10(16)15(9(2)7-13)11(17)14-12/h8-9H,3-7,13H2,1-2H3,(H,14,17). The molecule has 0 aromatic heterocycles. The predicted molar refractivity (Wildman–Crippen MR) is 64.3 cm³/mol. The quantitative estimate of drug-likeness (QED) is 0.701. The van der Waals surface area contributed by atoms with Crippen molar-refractivity contribution >= 4 is 11.9 Å². The van der Waals surface area contributed by atoms with E-state index in [1.165, 1.54) is 4.90 Å². The van der Waals surface area contributed by atoms with Crippen molar-refractivity contribution in [3.8, 4) is 0 Å². The SMILES string of the molecule is CC1CCC2(CC1)NC(=O)N(C(C)CN)C2=O. The number of hydrogen-bond donors (Lipinski definition) is 2. The molecule has 3 N–H and O–H groups in total. The van der Waals surface area contributed by atoms with Gasteiger partial charge >= 0.3 is 6.03 Å². The number of nitrogens with one attached hydrogen (secondary N) is 1. The molecule has 2 rings (SSSR count). The molecule has 5 nitrogen and oxygen atoms in total. The van der Waals surface area contributed by atoms with Gasteiger partial charge in [-0.25, -0.2) is 4.79 Å². The zero-order valence-electron chi connectivity index (χ0n) is 10.5. The van der Waals surface area contributed by atoms with Gasteiger partial charge in [-0.15, -0.1) is 0 Å². The highest BCUT2D eigenvalue weighted by Gasteiger charge is 2.52. The average Bonchev–Trinajstić information content (AvgIpc) is 2.55. The number of urea groups is 1. The molecule has 1 unspecified atom stereocenters. The first kappa shape index (κ1) is 12.4. The molecule has 0 radical (unpaired) electrons. The highest BCUT2D eigenvalue weighted by molar-refractivity contribution is 6.07. The van der Waals surface area contributed by atoms with Crippen molar-refractivity contribution in [3.63, 3.8) is 0 Å². The first-order valence-electron chi connectivity index (χ1n) is 6.36. The van der Waals surface area contributed by atoms with E-state index in [1.807, 2.05) is 6.92 Å². The van der Waals surface area contributed by atoms with E-state index < -0.39 is 5.54 Å². The van der Waals surface area contributed by atoms with Gasteiger partial charge in [0.15, 0.2) is 0 Å². The van der Waals surface area contributed by atoms with Crippen LogP contribution in [0.2, 0.25) is 0 Å². The molecule has 2 aliphatic rings. The molecular weight excluding hydrogens is 218 g/mol. The van der Waals surface area contributed by atoms with E-state index in [-0.39, 0.29) is 18.0 Å². The van der Waals surface area contributed by atoms with E-state index in [2.05, 4.69) is 12.2 Å². The van der Waals surface area contributed by atoms with Gasteiger partial charge in [-0.1, -0.05) is 6.92 Å². The summed E-state index contributed by atoms with van der Waals surface area (Å²) in [6, 6.07) is -0.497. The predicted octanol–water partition coefficient (Wildman–Crippen LogP) is 0.834. The number of nitrogens with two attached hydrogens (primary N) is 1. The maximum Gasteiger partial charge on any atom is 0.325 e. The Morgan fingerprint density at radius 3 is 2.59 bits per heavy atom. The molecule has 5 heteroatoms. The molecular formula is C12H21N3O2. The van der Waals surface area contributed by atoms with Crippen molar-refractivity contribution < 1.29 is 9.59 Å². The molecule has 0 bridgehead atoms. The monoisotopic (exact) mass is 239 g/mol. The second-order valence-electron chi connectivity index (χ2n) is 5.45. The lowest BCUT2D eigenvalue weighted by atomic mass is 9.77. The van der Waals surface area contributed by atoms with E-state index in [0.717, 1.165) is 25.7 Å². The van der Waals surface area contributed by atoms with Crippen molar-refractivity contribution in [2.75, 3.05) is 6.54 Å². The third-order valence-corrected chi connectivity index (χ3v) is 4.10. The number of hydrogen-bond acceptors (Lipinski definition) is 3. The minimum absolute atomic E-state index is 0.0765. The van der Waals surface area contributed by atoms with Crippen LogP contribution in [0.3, 0.4) is 0 Å². The van der Waals surface area contributed by atoms with Crippen LogP contribution in [0.1, 0.15) is 39.5 Å². The maximum absolute atomic E-state index is 12.4. The topological polar surface area (TPSA) is 75.4 Å². The second-order valence-corrected chi connectivity index (χ2v) is 5.45. The number of carbonyl (C=O) groups excluding carboxylic acids is 2. The summed E-state index contributed by atoms with van der Waals surface area (Å²) >= 11 is 0. The fourth-order valence-corrected chi connectivity index (χ4v) is 2.74. The number of amides is 3. The number of carbonyl (C=O) groups is 2. The van der Waals surface area contributed by atoms with Gasteiger partial charge in [0.2, 0.25) is 0 Å². The van der Waals surface area contributed by atoms with Crippen LogP contribution in [-0.4, -0.2) is 35.0 Å². The van der Waals surface area contributed by atoms with Gasteiger partial charge in [-0.3, -0.25) is 9.69 Å². The summed E-state index contributed by atoms with van der Waals surface area (Å²) in [5.74, 6) is 0.568. The largest absolute Gasteiger partial charge is 0.328 e. The fourth-order valence-electron chi connectivity index (χ4n) is 2.74. The molecule has 1 heterocycles. The highest BCUT2D eigenvalue weighted by Crippen LogP contribution is 2.36. The summed E-state index contributed by atoms with van der Waals surface area (Å²) in [4.78, 5) is 25.6. The van der Waals surface area contributed by atoms with Crippen molar-refractivity contribution in [2.24, 2.45) is 11.7 Å². The Kier molecular flexibility index (Phi) is 3.12. The minimum atomic E-state index is -0.632. The molecule has 1 saturated heterocycles. The smallest absolute Gasteiger partial charge is 0.325 e. The van der Waals surface area contributed by atoms with E-state index >= 15 is 0 Å². The summed E-state index contributed by atoms with van der Waals surface area (Å²) < 4.78 is 0. The Bertz CT molecular complexity index is 335. The summed E-state index contributed by atoms with van der Waals surface area (Å²) in [5.41, 5.74) is 4.91. The van der Waals surface area contributed by atoms with Crippen LogP contribution < -0.4 is 11.1 Å². The van der Waals surface area contributed by atoms with E-state index in [9.17, 15) is 9.59 Å². The van der Waals surface area contributed by atoms with E-state index in [4.69, 9.17) is 5.73 Å².